The summed E-state index contributed by atoms with van der Waals surface area (Å²) in [5, 5.41) is 15.0. The van der Waals surface area contributed by atoms with Gasteiger partial charge in [-0.25, -0.2) is 4.79 Å². The molecule has 0 atom stereocenters. The summed E-state index contributed by atoms with van der Waals surface area (Å²) in [6, 6.07) is 3.90. The first-order valence-corrected chi connectivity index (χ1v) is 5.73. The Morgan fingerprint density at radius 1 is 1.45 bits per heavy atom. The van der Waals surface area contributed by atoms with Crippen LogP contribution in [0.15, 0.2) is 29.0 Å². The molecule has 1 heterocycles. The van der Waals surface area contributed by atoms with Crippen molar-refractivity contribution in [2.45, 2.75) is 0 Å². The van der Waals surface area contributed by atoms with Crippen molar-refractivity contribution in [2.24, 2.45) is 0 Å². The molecule has 0 fully saturated rings. The number of anilines is 1. The second kappa shape index (κ2) is 5.62. The van der Waals surface area contributed by atoms with Crippen LogP contribution in [0.1, 0.15) is 20.8 Å². The summed E-state index contributed by atoms with van der Waals surface area (Å²) >= 11 is 5.93. The Morgan fingerprint density at radius 3 is 2.75 bits per heavy atom. The van der Waals surface area contributed by atoms with Crippen molar-refractivity contribution in [1.82, 2.24) is 5.16 Å². The van der Waals surface area contributed by atoms with Gasteiger partial charge in [-0.3, -0.25) is 4.79 Å². The molecule has 2 N–H and O–H groups in total. The number of carbonyl (C=O) groups is 2. The molecule has 0 saturated heterocycles. The van der Waals surface area contributed by atoms with E-state index in [1.54, 1.807) is 0 Å². The number of ether oxygens (including phenoxy) is 1. The number of nitrogens with one attached hydrogen (secondary N) is 1. The molecule has 0 unspecified atom stereocenters. The van der Waals surface area contributed by atoms with E-state index in [-0.39, 0.29) is 27.7 Å². The number of hydrogen-bond acceptors (Lipinski definition) is 5. The molecule has 7 nitrogen and oxygen atoms in total. The molecule has 20 heavy (non-hydrogen) atoms. The van der Waals surface area contributed by atoms with E-state index in [0.29, 0.717) is 0 Å². The summed E-state index contributed by atoms with van der Waals surface area (Å²) in [6.07, 6.45) is 1.25. The van der Waals surface area contributed by atoms with Crippen LogP contribution >= 0.6 is 11.6 Å². The maximum atomic E-state index is 11.8. The third-order valence-electron chi connectivity index (χ3n) is 2.44. The first-order valence-electron chi connectivity index (χ1n) is 5.35. The highest BCUT2D eigenvalue weighted by molar-refractivity contribution is 6.34. The molecule has 0 aliphatic rings. The Balaban J connectivity index is 2.33. The van der Waals surface area contributed by atoms with E-state index in [1.807, 2.05) is 0 Å². The van der Waals surface area contributed by atoms with Crippen LogP contribution in [0, 0.1) is 0 Å². The SMILES string of the molecule is COc1cc(NC(=O)c2ccon2)c(Cl)cc1C(=O)O. The lowest BCUT2D eigenvalue weighted by Gasteiger charge is -2.10. The Labute approximate surface area is 118 Å². The zero-order valence-electron chi connectivity index (χ0n) is 10.2. The van der Waals surface area contributed by atoms with Gasteiger partial charge in [-0.15, -0.1) is 0 Å². The maximum Gasteiger partial charge on any atom is 0.339 e. The molecule has 8 heteroatoms. The van der Waals surface area contributed by atoms with Gasteiger partial charge in [0.1, 0.15) is 17.6 Å². The fourth-order valence-electron chi connectivity index (χ4n) is 1.50. The third-order valence-corrected chi connectivity index (χ3v) is 2.75. The van der Waals surface area contributed by atoms with E-state index in [4.69, 9.17) is 21.4 Å². The fraction of sp³-hybridized carbons (Fsp3) is 0.0833. The van der Waals surface area contributed by atoms with Crippen LogP contribution < -0.4 is 10.1 Å². The molecular formula is C12H9ClN2O5. The topological polar surface area (TPSA) is 102 Å². The van der Waals surface area contributed by atoms with E-state index in [9.17, 15) is 9.59 Å². The number of nitrogens with zero attached hydrogens (tertiary/aromatic N) is 1. The number of aromatic carboxylic acids is 1. The van der Waals surface area contributed by atoms with E-state index in [1.165, 1.54) is 31.6 Å². The molecule has 0 bridgehead atoms. The summed E-state index contributed by atoms with van der Waals surface area (Å²) in [4.78, 5) is 22.8. The van der Waals surface area contributed by atoms with Crippen LogP contribution in [0.5, 0.6) is 5.75 Å². The number of amides is 1. The Kier molecular flexibility index (Phi) is 3.90. The lowest BCUT2D eigenvalue weighted by Crippen LogP contribution is -2.13. The molecule has 1 aromatic heterocycles. The zero-order chi connectivity index (χ0) is 14.7. The highest BCUT2D eigenvalue weighted by Gasteiger charge is 2.17. The summed E-state index contributed by atoms with van der Waals surface area (Å²) in [5.74, 6) is -1.64. The lowest BCUT2D eigenvalue weighted by atomic mass is 10.1. The van der Waals surface area contributed by atoms with E-state index in [2.05, 4.69) is 15.0 Å². The molecule has 2 aromatic rings. The summed E-state index contributed by atoms with van der Waals surface area (Å²) < 4.78 is 9.50. The molecular weight excluding hydrogens is 288 g/mol. The quantitative estimate of drug-likeness (QED) is 0.897. The van der Waals surface area contributed by atoms with Crippen LogP contribution in [0.3, 0.4) is 0 Å². The van der Waals surface area contributed by atoms with Crippen molar-refractivity contribution in [3.63, 3.8) is 0 Å². The fourth-order valence-corrected chi connectivity index (χ4v) is 1.71. The van der Waals surface area contributed by atoms with E-state index >= 15 is 0 Å². The second-order valence-electron chi connectivity index (χ2n) is 3.68. The van der Waals surface area contributed by atoms with Gasteiger partial charge < -0.3 is 19.7 Å². The molecule has 1 aromatic carbocycles. The van der Waals surface area contributed by atoms with Crippen LogP contribution in [0.4, 0.5) is 5.69 Å². The van der Waals surface area contributed by atoms with Gasteiger partial charge in [0.2, 0.25) is 0 Å². The highest BCUT2D eigenvalue weighted by atomic mass is 35.5. The molecule has 0 saturated carbocycles. The normalized spacial score (nSPS) is 10.1. The molecule has 1 amide bonds. The minimum atomic E-state index is -1.18. The number of halogens is 1. The van der Waals surface area contributed by atoms with Crippen LogP contribution in [0.25, 0.3) is 0 Å². The maximum absolute atomic E-state index is 11.8. The minimum absolute atomic E-state index is 0.0695. The van der Waals surface area contributed by atoms with E-state index < -0.39 is 11.9 Å². The number of carboxylic acids is 1. The number of hydrogen-bond donors (Lipinski definition) is 2. The van der Waals surface area contributed by atoms with Crippen LogP contribution in [-0.4, -0.2) is 29.2 Å². The number of methoxy groups -OCH3 is 1. The van der Waals surface area contributed by atoms with Crippen molar-refractivity contribution in [2.75, 3.05) is 12.4 Å². The number of aromatic nitrogens is 1. The average Bonchev–Trinajstić information content (AvgIpc) is 2.94. The van der Waals surface area contributed by atoms with Gasteiger partial charge in [-0.05, 0) is 6.07 Å². The first kappa shape index (κ1) is 13.9. The van der Waals surface area contributed by atoms with Crippen molar-refractivity contribution in [3.05, 3.63) is 40.7 Å². The summed E-state index contributed by atoms with van der Waals surface area (Å²) in [5.41, 5.74) is 0.181. The zero-order valence-corrected chi connectivity index (χ0v) is 11.0. The smallest absolute Gasteiger partial charge is 0.339 e. The Morgan fingerprint density at radius 2 is 2.20 bits per heavy atom. The van der Waals surface area contributed by atoms with Gasteiger partial charge in [0.15, 0.2) is 5.69 Å². The predicted octanol–water partition coefficient (Wildman–Crippen LogP) is 2.29. The van der Waals surface area contributed by atoms with Gasteiger partial charge >= 0.3 is 5.97 Å². The van der Waals surface area contributed by atoms with Gasteiger partial charge in [-0.1, -0.05) is 16.8 Å². The molecule has 104 valence electrons. The standard InChI is InChI=1S/C12H9ClN2O5/c1-19-10-5-9(7(13)4-6(10)12(17)18)14-11(16)8-2-3-20-15-8/h2-5H,1H3,(H,14,16)(H,17,18). The molecule has 0 radical (unpaired) electrons. The Hall–Kier alpha value is -2.54. The van der Waals surface area contributed by atoms with Gasteiger partial charge in [0, 0.05) is 12.1 Å². The van der Waals surface area contributed by atoms with E-state index in [0.717, 1.165) is 0 Å². The van der Waals surface area contributed by atoms with Gasteiger partial charge in [0.25, 0.3) is 5.91 Å². The minimum Gasteiger partial charge on any atom is -0.496 e. The first-order chi connectivity index (χ1) is 9.52. The number of carbonyl (C=O) groups excluding carboxylic acids is 1. The average molecular weight is 297 g/mol. The largest absolute Gasteiger partial charge is 0.496 e. The number of rotatable bonds is 4. The number of benzene rings is 1. The highest BCUT2D eigenvalue weighted by Crippen LogP contribution is 2.31. The molecule has 0 spiro atoms. The monoisotopic (exact) mass is 296 g/mol. The molecule has 0 aliphatic heterocycles. The molecule has 2 rings (SSSR count). The van der Waals surface area contributed by atoms with Gasteiger partial charge in [-0.2, -0.15) is 0 Å². The van der Waals surface area contributed by atoms with Crippen molar-refractivity contribution >= 4 is 29.2 Å². The Bertz CT molecular complexity index is 654. The third kappa shape index (κ3) is 2.72. The van der Waals surface area contributed by atoms with Crippen molar-refractivity contribution in [3.8, 4) is 5.75 Å². The lowest BCUT2D eigenvalue weighted by molar-refractivity contribution is 0.0693. The molecule has 0 aliphatic carbocycles. The summed E-state index contributed by atoms with van der Waals surface area (Å²) in [7, 11) is 1.32. The van der Waals surface area contributed by atoms with Crippen molar-refractivity contribution < 1.29 is 24.0 Å². The van der Waals surface area contributed by atoms with Crippen LogP contribution in [0.2, 0.25) is 5.02 Å². The predicted molar refractivity (Wildman–Crippen MR) is 69.4 cm³/mol. The number of carboxylic acid groups (broad SMARTS) is 1. The van der Waals surface area contributed by atoms with Crippen molar-refractivity contribution in [1.29, 1.82) is 0 Å². The second-order valence-corrected chi connectivity index (χ2v) is 4.08. The summed E-state index contributed by atoms with van der Waals surface area (Å²) in [6.45, 7) is 0. The van der Waals surface area contributed by atoms with Crippen LogP contribution in [-0.2, 0) is 0 Å². The van der Waals surface area contributed by atoms with Gasteiger partial charge in [0.05, 0.1) is 17.8 Å².